The first-order valence-electron chi connectivity index (χ1n) is 5.00. The summed E-state index contributed by atoms with van der Waals surface area (Å²) >= 11 is 11.9. The molecule has 0 fully saturated rings. The second-order valence-corrected chi connectivity index (χ2v) is 4.47. The topological polar surface area (TPSA) is 0 Å². The Labute approximate surface area is 96.2 Å². The van der Waals surface area contributed by atoms with E-state index in [1.807, 2.05) is 0 Å². The van der Waals surface area contributed by atoms with Gasteiger partial charge in [-0.2, -0.15) is 0 Å². The van der Waals surface area contributed by atoms with E-state index in [4.69, 9.17) is 23.2 Å². The molecule has 0 saturated carbocycles. The van der Waals surface area contributed by atoms with Gasteiger partial charge >= 0.3 is 0 Å². The van der Waals surface area contributed by atoms with E-state index in [0.717, 1.165) is 25.1 Å². The molecular weight excluding hydrogens is 215 g/mol. The SMILES string of the molecule is Cc1ccc(C(Cl)CCCCCl)cc1. The Bertz CT molecular complexity index is 254. The van der Waals surface area contributed by atoms with Crippen molar-refractivity contribution in [3.63, 3.8) is 0 Å². The van der Waals surface area contributed by atoms with Crippen LogP contribution in [0.3, 0.4) is 0 Å². The van der Waals surface area contributed by atoms with Gasteiger partial charge in [-0.05, 0) is 25.3 Å². The van der Waals surface area contributed by atoms with Crippen molar-refractivity contribution >= 4 is 23.2 Å². The fourth-order valence-corrected chi connectivity index (χ4v) is 1.85. The first kappa shape index (κ1) is 11.9. The van der Waals surface area contributed by atoms with Crippen molar-refractivity contribution in [1.82, 2.24) is 0 Å². The summed E-state index contributed by atoms with van der Waals surface area (Å²) < 4.78 is 0. The van der Waals surface area contributed by atoms with Gasteiger partial charge in [-0.1, -0.05) is 36.2 Å². The molecule has 0 aromatic heterocycles. The van der Waals surface area contributed by atoms with Crippen molar-refractivity contribution in [3.8, 4) is 0 Å². The van der Waals surface area contributed by atoms with E-state index in [0.29, 0.717) is 0 Å². The number of benzene rings is 1. The fraction of sp³-hybridized carbons (Fsp3) is 0.500. The number of rotatable bonds is 5. The van der Waals surface area contributed by atoms with Gasteiger partial charge in [0, 0.05) is 5.88 Å². The molecular formula is C12H16Cl2. The molecule has 2 heteroatoms. The van der Waals surface area contributed by atoms with Crippen LogP contribution in [0.15, 0.2) is 24.3 Å². The normalized spacial score (nSPS) is 12.8. The third-order valence-electron chi connectivity index (χ3n) is 2.28. The minimum atomic E-state index is 0.138. The van der Waals surface area contributed by atoms with Gasteiger partial charge in [-0.3, -0.25) is 0 Å². The van der Waals surface area contributed by atoms with Crippen LogP contribution in [0, 0.1) is 6.92 Å². The van der Waals surface area contributed by atoms with Crippen LogP contribution in [0.4, 0.5) is 0 Å². The quantitative estimate of drug-likeness (QED) is 0.509. The van der Waals surface area contributed by atoms with E-state index in [1.165, 1.54) is 11.1 Å². The predicted molar refractivity (Wildman–Crippen MR) is 64.3 cm³/mol. The van der Waals surface area contributed by atoms with Crippen molar-refractivity contribution < 1.29 is 0 Å². The maximum atomic E-state index is 6.25. The zero-order valence-electron chi connectivity index (χ0n) is 8.47. The molecule has 0 radical (unpaired) electrons. The minimum absolute atomic E-state index is 0.138. The summed E-state index contributed by atoms with van der Waals surface area (Å²) in [5.41, 5.74) is 2.49. The maximum absolute atomic E-state index is 6.25. The number of hydrogen-bond acceptors (Lipinski definition) is 0. The molecule has 1 atom stereocenters. The average molecular weight is 231 g/mol. The van der Waals surface area contributed by atoms with Crippen molar-refractivity contribution in [3.05, 3.63) is 35.4 Å². The first-order chi connectivity index (χ1) is 6.74. The van der Waals surface area contributed by atoms with Gasteiger partial charge in [0.15, 0.2) is 0 Å². The molecule has 0 nitrogen and oxygen atoms in total. The van der Waals surface area contributed by atoms with Crippen LogP contribution in [0.5, 0.6) is 0 Å². The predicted octanol–water partition coefficient (Wildman–Crippen LogP) is 4.68. The van der Waals surface area contributed by atoms with Gasteiger partial charge in [-0.25, -0.2) is 0 Å². The number of halogens is 2. The van der Waals surface area contributed by atoms with Crippen molar-refractivity contribution in [2.75, 3.05) is 5.88 Å². The van der Waals surface area contributed by atoms with E-state index in [2.05, 4.69) is 31.2 Å². The van der Waals surface area contributed by atoms with E-state index in [-0.39, 0.29) is 5.38 Å². The average Bonchev–Trinajstić information content (AvgIpc) is 2.19. The Morgan fingerprint density at radius 1 is 1.14 bits per heavy atom. The van der Waals surface area contributed by atoms with Gasteiger partial charge in [-0.15, -0.1) is 23.2 Å². The standard InChI is InChI=1S/C12H16Cl2/c1-10-5-7-11(8-6-10)12(14)4-2-3-9-13/h5-8,12H,2-4,9H2,1H3. The Morgan fingerprint density at radius 3 is 2.36 bits per heavy atom. The molecule has 0 amide bonds. The van der Waals surface area contributed by atoms with Crippen LogP contribution in [-0.2, 0) is 0 Å². The lowest BCUT2D eigenvalue weighted by Gasteiger charge is -2.09. The lowest BCUT2D eigenvalue weighted by molar-refractivity contribution is 0.703. The highest BCUT2D eigenvalue weighted by Crippen LogP contribution is 2.26. The monoisotopic (exact) mass is 230 g/mol. The van der Waals surface area contributed by atoms with Crippen LogP contribution in [0.2, 0.25) is 0 Å². The van der Waals surface area contributed by atoms with Gasteiger partial charge in [0.1, 0.15) is 0 Å². The molecule has 1 rings (SSSR count). The van der Waals surface area contributed by atoms with Gasteiger partial charge < -0.3 is 0 Å². The Hall–Kier alpha value is -0.200. The van der Waals surface area contributed by atoms with Gasteiger partial charge in [0.2, 0.25) is 0 Å². The zero-order valence-corrected chi connectivity index (χ0v) is 9.98. The van der Waals surface area contributed by atoms with Crippen LogP contribution in [0.25, 0.3) is 0 Å². The summed E-state index contributed by atoms with van der Waals surface area (Å²) in [4.78, 5) is 0. The third kappa shape index (κ3) is 3.89. The fourth-order valence-electron chi connectivity index (χ4n) is 1.36. The molecule has 0 saturated heterocycles. The molecule has 1 aromatic rings. The molecule has 0 heterocycles. The number of alkyl halides is 2. The van der Waals surface area contributed by atoms with Crippen molar-refractivity contribution in [1.29, 1.82) is 0 Å². The lowest BCUT2D eigenvalue weighted by atomic mass is 10.1. The van der Waals surface area contributed by atoms with Gasteiger partial charge in [0.05, 0.1) is 5.38 Å². The van der Waals surface area contributed by atoms with E-state index >= 15 is 0 Å². The minimum Gasteiger partial charge on any atom is -0.127 e. The smallest absolute Gasteiger partial charge is 0.0585 e. The van der Waals surface area contributed by atoms with Crippen LogP contribution in [-0.4, -0.2) is 5.88 Å². The third-order valence-corrected chi connectivity index (χ3v) is 3.02. The Morgan fingerprint density at radius 2 is 1.79 bits per heavy atom. The van der Waals surface area contributed by atoms with E-state index in [9.17, 15) is 0 Å². The van der Waals surface area contributed by atoms with Crippen molar-refractivity contribution in [2.24, 2.45) is 0 Å². The maximum Gasteiger partial charge on any atom is 0.0585 e. The summed E-state index contributed by atoms with van der Waals surface area (Å²) in [6, 6.07) is 8.42. The molecule has 0 N–H and O–H groups in total. The molecule has 1 aromatic carbocycles. The number of hydrogen-bond donors (Lipinski definition) is 0. The first-order valence-corrected chi connectivity index (χ1v) is 5.97. The van der Waals surface area contributed by atoms with E-state index < -0.39 is 0 Å². The molecule has 0 bridgehead atoms. The Balaban J connectivity index is 2.43. The molecule has 78 valence electrons. The summed E-state index contributed by atoms with van der Waals surface area (Å²) in [6.45, 7) is 2.08. The summed E-state index contributed by atoms with van der Waals surface area (Å²) in [5.74, 6) is 0.734. The summed E-state index contributed by atoms with van der Waals surface area (Å²) in [6.07, 6.45) is 3.17. The highest BCUT2D eigenvalue weighted by Gasteiger charge is 2.06. The van der Waals surface area contributed by atoms with Crippen LogP contribution in [0.1, 0.15) is 35.8 Å². The number of unbranched alkanes of at least 4 members (excludes halogenated alkanes) is 1. The number of aryl methyl sites for hydroxylation is 1. The largest absolute Gasteiger partial charge is 0.127 e. The second kappa shape index (κ2) is 6.31. The molecule has 0 aliphatic heterocycles. The highest BCUT2D eigenvalue weighted by molar-refractivity contribution is 6.20. The molecule has 0 spiro atoms. The summed E-state index contributed by atoms with van der Waals surface area (Å²) in [5, 5.41) is 0.138. The van der Waals surface area contributed by atoms with E-state index in [1.54, 1.807) is 0 Å². The molecule has 0 aliphatic carbocycles. The molecule has 1 unspecified atom stereocenters. The lowest BCUT2D eigenvalue weighted by Crippen LogP contribution is -1.91. The molecule has 0 aliphatic rings. The molecule has 14 heavy (non-hydrogen) atoms. The van der Waals surface area contributed by atoms with Crippen molar-refractivity contribution in [2.45, 2.75) is 31.6 Å². The zero-order chi connectivity index (χ0) is 10.4. The Kier molecular flexibility index (Phi) is 5.36. The second-order valence-electron chi connectivity index (χ2n) is 3.56. The highest BCUT2D eigenvalue weighted by atomic mass is 35.5. The van der Waals surface area contributed by atoms with Crippen LogP contribution >= 0.6 is 23.2 Å². The summed E-state index contributed by atoms with van der Waals surface area (Å²) in [7, 11) is 0. The van der Waals surface area contributed by atoms with Crippen LogP contribution < -0.4 is 0 Å². The van der Waals surface area contributed by atoms with Gasteiger partial charge in [0.25, 0.3) is 0 Å².